The predicted molar refractivity (Wildman–Crippen MR) is 105 cm³/mol. The fraction of sp³-hybridized carbons (Fsp3) is 0.353. The van der Waals surface area contributed by atoms with Crippen molar-refractivity contribution in [2.24, 2.45) is 12.5 Å². The van der Waals surface area contributed by atoms with Crippen LogP contribution in [0.3, 0.4) is 0 Å². The molecule has 3 rings (SSSR count). The van der Waals surface area contributed by atoms with Crippen LogP contribution in [0.2, 0.25) is 10.2 Å². The van der Waals surface area contributed by atoms with Crippen LogP contribution in [0.1, 0.15) is 23.3 Å². The maximum Gasteiger partial charge on any atom is 0.399 e. The minimum Gasteiger partial charge on any atom is -0.344 e. The Morgan fingerprint density at radius 1 is 1.37 bits per heavy atom. The highest BCUT2D eigenvalue weighted by Crippen LogP contribution is 2.58. The van der Waals surface area contributed by atoms with Crippen molar-refractivity contribution in [2.75, 3.05) is 11.1 Å². The van der Waals surface area contributed by atoms with Gasteiger partial charge >= 0.3 is 6.18 Å². The number of carbonyl (C=O) groups excluding carboxylic acids is 1. The third kappa shape index (κ3) is 4.06. The van der Waals surface area contributed by atoms with Gasteiger partial charge in [0, 0.05) is 30.8 Å². The zero-order chi connectivity index (χ0) is 22.5. The standard InChI is InChI=1S/C17H15Cl2F3N4O3S/c1-26-7-10(30(28,29)8-11(23)16(3-4-16)17(20,21)22)13(19)14(26)15(27)25-9-2-5-24-12(18)6-9/h2,5-7,23H,3-4,8H2,1H3,(H,24,25,27). The molecule has 0 atom stereocenters. The maximum atomic E-state index is 13.2. The number of sulfone groups is 1. The predicted octanol–water partition coefficient (Wildman–Crippen LogP) is 4.12. The average Bonchev–Trinajstić information content (AvgIpc) is 3.36. The lowest BCUT2D eigenvalue weighted by atomic mass is 10.0. The molecule has 2 N–H and O–H groups in total. The minimum absolute atomic E-state index is 0.117. The van der Waals surface area contributed by atoms with E-state index in [0.717, 1.165) is 10.8 Å². The van der Waals surface area contributed by atoms with Gasteiger partial charge in [0.2, 0.25) is 0 Å². The summed E-state index contributed by atoms with van der Waals surface area (Å²) in [6, 6.07) is 2.81. The number of nitrogens with zero attached hydrogens (tertiary/aromatic N) is 2. The molecule has 0 bridgehead atoms. The van der Waals surface area contributed by atoms with Gasteiger partial charge in [-0.25, -0.2) is 13.4 Å². The van der Waals surface area contributed by atoms with Crippen molar-refractivity contribution in [3.8, 4) is 0 Å². The molecule has 7 nitrogen and oxygen atoms in total. The van der Waals surface area contributed by atoms with Crippen LogP contribution in [-0.4, -0.2) is 41.5 Å². The third-order valence-corrected chi connectivity index (χ3v) is 7.18. The molecule has 0 aromatic carbocycles. The molecule has 1 amide bonds. The molecule has 0 aliphatic heterocycles. The van der Waals surface area contributed by atoms with Gasteiger partial charge in [0.05, 0.1) is 10.8 Å². The van der Waals surface area contributed by atoms with Gasteiger partial charge < -0.3 is 15.3 Å². The topological polar surface area (TPSA) is 105 Å². The van der Waals surface area contributed by atoms with Gasteiger partial charge in [-0.2, -0.15) is 13.2 Å². The first kappa shape index (κ1) is 22.6. The Balaban J connectivity index is 1.87. The van der Waals surface area contributed by atoms with Gasteiger partial charge in [-0.3, -0.25) is 4.79 Å². The number of aromatic nitrogens is 2. The highest BCUT2D eigenvalue weighted by molar-refractivity contribution is 7.92. The SMILES string of the molecule is Cn1cc(S(=O)(=O)CC(=N)C2(C(F)(F)F)CC2)c(Cl)c1C(=O)Nc1ccnc(Cl)c1. The Morgan fingerprint density at radius 3 is 2.53 bits per heavy atom. The van der Waals surface area contributed by atoms with Gasteiger partial charge in [0.1, 0.15) is 21.2 Å². The normalized spacial score (nSPS) is 15.7. The summed E-state index contributed by atoms with van der Waals surface area (Å²) in [5, 5.41) is 9.91. The second-order valence-corrected chi connectivity index (χ2v) is 9.63. The first-order valence-electron chi connectivity index (χ1n) is 8.43. The Morgan fingerprint density at radius 2 is 2.00 bits per heavy atom. The largest absolute Gasteiger partial charge is 0.399 e. The number of pyridine rings is 1. The lowest BCUT2D eigenvalue weighted by molar-refractivity contribution is -0.165. The Hall–Kier alpha value is -2.11. The van der Waals surface area contributed by atoms with E-state index in [0.29, 0.717) is 0 Å². The van der Waals surface area contributed by atoms with Gasteiger partial charge in [-0.05, 0) is 25.0 Å². The van der Waals surface area contributed by atoms with E-state index in [4.69, 9.17) is 28.6 Å². The molecule has 2 heterocycles. The lowest BCUT2D eigenvalue weighted by Crippen LogP contribution is -2.36. The number of halogens is 5. The van der Waals surface area contributed by atoms with E-state index in [2.05, 4.69) is 10.3 Å². The van der Waals surface area contributed by atoms with Crippen LogP contribution in [-0.2, 0) is 16.9 Å². The van der Waals surface area contributed by atoms with E-state index in [1.807, 2.05) is 0 Å². The molecule has 1 aliphatic carbocycles. The number of amides is 1. The van der Waals surface area contributed by atoms with Crippen molar-refractivity contribution in [2.45, 2.75) is 23.9 Å². The smallest absolute Gasteiger partial charge is 0.344 e. The number of hydrogen-bond donors (Lipinski definition) is 2. The molecule has 1 saturated carbocycles. The molecule has 2 aromatic rings. The van der Waals surface area contributed by atoms with Crippen LogP contribution in [0.15, 0.2) is 29.4 Å². The molecule has 1 fully saturated rings. The third-order valence-electron chi connectivity index (χ3n) is 4.83. The summed E-state index contributed by atoms with van der Waals surface area (Å²) < 4.78 is 66.1. The Kier molecular flexibility index (Phi) is 5.67. The van der Waals surface area contributed by atoms with E-state index in [9.17, 15) is 26.4 Å². The second kappa shape index (κ2) is 7.54. The van der Waals surface area contributed by atoms with Gasteiger partial charge in [0.25, 0.3) is 5.91 Å². The molecule has 30 heavy (non-hydrogen) atoms. The summed E-state index contributed by atoms with van der Waals surface area (Å²) in [5.41, 5.74) is -3.27. The summed E-state index contributed by atoms with van der Waals surface area (Å²) in [5.74, 6) is -1.90. The number of anilines is 1. The number of aryl methyl sites for hydroxylation is 1. The van der Waals surface area contributed by atoms with E-state index in [1.54, 1.807) is 0 Å². The van der Waals surface area contributed by atoms with E-state index >= 15 is 0 Å². The van der Waals surface area contributed by atoms with Crippen molar-refractivity contribution in [3.63, 3.8) is 0 Å². The summed E-state index contributed by atoms with van der Waals surface area (Å²) in [6.45, 7) is 0. The molecule has 2 aromatic heterocycles. The first-order chi connectivity index (χ1) is 13.8. The van der Waals surface area contributed by atoms with Crippen LogP contribution in [0.4, 0.5) is 18.9 Å². The average molecular weight is 483 g/mol. The molecule has 0 unspecified atom stereocenters. The van der Waals surface area contributed by atoms with Crippen molar-refractivity contribution in [1.82, 2.24) is 9.55 Å². The maximum absolute atomic E-state index is 13.2. The quantitative estimate of drug-likeness (QED) is 0.477. The molecular formula is C17H15Cl2F3N4O3S. The van der Waals surface area contributed by atoms with E-state index in [1.165, 1.54) is 25.4 Å². The molecule has 162 valence electrons. The van der Waals surface area contributed by atoms with Crippen molar-refractivity contribution in [3.05, 3.63) is 40.4 Å². The number of rotatable bonds is 6. The fourth-order valence-electron chi connectivity index (χ4n) is 3.00. The van der Waals surface area contributed by atoms with Crippen LogP contribution in [0.25, 0.3) is 0 Å². The summed E-state index contributed by atoms with van der Waals surface area (Å²) in [7, 11) is -3.03. The minimum atomic E-state index is -4.70. The summed E-state index contributed by atoms with van der Waals surface area (Å²) in [4.78, 5) is 15.8. The molecule has 0 spiro atoms. The van der Waals surface area contributed by atoms with E-state index in [-0.39, 0.29) is 29.4 Å². The van der Waals surface area contributed by atoms with Gasteiger partial charge in [-0.1, -0.05) is 23.2 Å². The molecule has 0 radical (unpaired) electrons. The van der Waals surface area contributed by atoms with Crippen molar-refractivity contribution in [1.29, 1.82) is 5.41 Å². The number of nitrogens with one attached hydrogen (secondary N) is 2. The highest BCUT2D eigenvalue weighted by Gasteiger charge is 2.66. The van der Waals surface area contributed by atoms with Crippen molar-refractivity contribution >= 4 is 50.3 Å². The fourth-order valence-corrected chi connectivity index (χ4v) is 5.30. The number of carbonyl (C=O) groups is 1. The Labute approximate surface area is 179 Å². The monoisotopic (exact) mass is 482 g/mol. The van der Waals surface area contributed by atoms with Crippen LogP contribution >= 0.6 is 23.2 Å². The second-order valence-electron chi connectivity index (χ2n) is 6.91. The van der Waals surface area contributed by atoms with E-state index < -0.39 is 48.7 Å². The molecule has 1 aliphatic rings. The van der Waals surface area contributed by atoms with Crippen LogP contribution in [0.5, 0.6) is 0 Å². The summed E-state index contributed by atoms with van der Waals surface area (Å²) >= 11 is 11.9. The number of hydrogen-bond acceptors (Lipinski definition) is 5. The zero-order valence-corrected chi connectivity index (χ0v) is 17.7. The number of alkyl halides is 3. The molecule has 13 heteroatoms. The van der Waals surface area contributed by atoms with Crippen LogP contribution in [0, 0.1) is 10.8 Å². The van der Waals surface area contributed by atoms with Crippen molar-refractivity contribution < 1.29 is 26.4 Å². The Bertz CT molecular complexity index is 1140. The zero-order valence-electron chi connectivity index (χ0n) is 15.3. The summed E-state index contributed by atoms with van der Waals surface area (Å²) in [6.07, 6.45) is -2.96. The van der Waals surface area contributed by atoms with Gasteiger partial charge in [-0.15, -0.1) is 0 Å². The highest BCUT2D eigenvalue weighted by atomic mass is 35.5. The lowest BCUT2D eigenvalue weighted by Gasteiger charge is -2.20. The molecule has 0 saturated heterocycles. The molecular weight excluding hydrogens is 468 g/mol. The van der Waals surface area contributed by atoms with Crippen LogP contribution < -0.4 is 5.32 Å². The first-order valence-corrected chi connectivity index (χ1v) is 10.8. The van der Waals surface area contributed by atoms with Gasteiger partial charge in [0.15, 0.2) is 9.84 Å².